The van der Waals surface area contributed by atoms with E-state index in [1.165, 1.54) is 77.0 Å². The number of hydrogen-bond acceptors (Lipinski definition) is 17. The fourth-order valence-electron chi connectivity index (χ4n) is 11.8. The number of nitrogens with one attached hydrogen (secondary N) is 8. The van der Waals surface area contributed by atoms with E-state index in [1.54, 1.807) is 174 Å². The van der Waals surface area contributed by atoms with Gasteiger partial charge in [0.05, 0.1) is 148 Å². The molecular weight excluding hydrogens is 1480 g/mol. The van der Waals surface area contributed by atoms with Crippen LogP contribution in [0.15, 0.2) is 170 Å². The molecule has 25 nitrogen and oxygen atoms in total. The predicted molar refractivity (Wildman–Crippen MR) is 435 cm³/mol. The molecule has 29 heteroatoms. The number of aliphatic hydroxyl groups is 4. The summed E-state index contributed by atoms with van der Waals surface area (Å²) < 4.78 is 74.4. The number of methoxy groups -OCH3 is 4. The summed E-state index contributed by atoms with van der Waals surface area (Å²) in [5.41, 5.74) is 8.71. The molecule has 8 aromatic carbocycles. The Hall–Kier alpha value is -13.6. The Bertz CT molecular complexity index is 5640. The van der Waals surface area contributed by atoms with Crippen molar-refractivity contribution >= 4 is 116 Å². The first-order chi connectivity index (χ1) is 55.3. The first kappa shape index (κ1) is 83.9. The summed E-state index contributed by atoms with van der Waals surface area (Å²) in [7, 11) is 5.96. The fourth-order valence-corrected chi connectivity index (χ4v) is 11.8. The number of halogens is 4. The molecule has 1 atom stereocenters. The van der Waals surface area contributed by atoms with Gasteiger partial charge in [0.15, 0.2) is 0 Å². The van der Waals surface area contributed by atoms with Crippen LogP contribution in [-0.2, 0) is 0 Å². The average Bonchev–Trinajstić information content (AvgIpc) is 1.69. The van der Waals surface area contributed by atoms with E-state index < -0.39 is 23.2 Å². The molecule has 4 amide bonds. The van der Waals surface area contributed by atoms with Gasteiger partial charge in [0.1, 0.15) is 46.3 Å². The van der Waals surface area contributed by atoms with E-state index in [0.717, 1.165) is 22.3 Å². The van der Waals surface area contributed by atoms with E-state index in [0.29, 0.717) is 130 Å². The smallest absolute Gasteiger partial charge is 0.255 e. The number of aliphatic hydroxyl groups excluding tert-OH is 2. The lowest BCUT2D eigenvalue weighted by molar-refractivity contribution is 0.0691. The van der Waals surface area contributed by atoms with Crippen LogP contribution in [0, 0.1) is 23.3 Å². The molecule has 1 unspecified atom stereocenters. The van der Waals surface area contributed by atoms with Crippen molar-refractivity contribution in [1.29, 1.82) is 0 Å². The van der Waals surface area contributed by atoms with Crippen LogP contribution in [0.5, 0.6) is 23.0 Å². The van der Waals surface area contributed by atoms with Crippen molar-refractivity contribution in [3.05, 3.63) is 266 Å². The number of H-pyrrole nitrogens is 4. The van der Waals surface area contributed by atoms with E-state index in [-0.39, 0.29) is 67.3 Å². The first-order valence-corrected chi connectivity index (χ1v) is 36.0. The quantitative estimate of drug-likeness (QED) is 0.0224. The van der Waals surface area contributed by atoms with Crippen LogP contribution in [0.3, 0.4) is 0 Å². The predicted octanol–water partition coefficient (Wildman–Crippen LogP) is 13.5. The van der Waals surface area contributed by atoms with Crippen molar-refractivity contribution < 1.29 is 76.1 Å². The van der Waals surface area contributed by atoms with E-state index in [1.807, 2.05) is 24.3 Å². The number of pyridine rings is 1. The van der Waals surface area contributed by atoms with Gasteiger partial charge in [-0.2, -0.15) is 20.4 Å². The number of carbonyl (C=O) groups is 4. The van der Waals surface area contributed by atoms with Crippen LogP contribution in [0.25, 0.3) is 92.2 Å². The number of ether oxygens (including phenoxy) is 4. The topological polar surface area (TPSA) is 362 Å². The highest BCUT2D eigenvalue weighted by atomic mass is 19.1. The lowest BCUT2D eigenvalue weighted by atomic mass is 10.0. The van der Waals surface area contributed by atoms with Crippen LogP contribution in [0.2, 0.25) is 0 Å². The van der Waals surface area contributed by atoms with E-state index in [2.05, 4.69) is 67.0 Å². The maximum atomic E-state index is 13.1. The lowest BCUT2D eigenvalue weighted by Crippen LogP contribution is -2.38. The summed E-state index contributed by atoms with van der Waals surface area (Å²) in [5, 5.41) is 80.6. The molecule has 5 heterocycles. The first-order valence-electron chi connectivity index (χ1n) is 36.0. The molecule has 0 aliphatic heterocycles. The van der Waals surface area contributed by atoms with Crippen LogP contribution >= 0.6 is 0 Å². The molecule has 0 radical (unpaired) electrons. The number of rotatable bonds is 26. The van der Waals surface area contributed by atoms with Crippen LogP contribution in [0.1, 0.15) is 132 Å². The van der Waals surface area contributed by atoms with Gasteiger partial charge in [-0.1, -0.05) is 78.9 Å². The SMILES string of the molecule is COc1c(C(=O)NC(CO)c2cccnc2)ccc2n[nH]c(/C=C/c3ccc(F)cc3)c12.COc1c(C(=O)NCC(C)(C)O)ccc2n[nH]c(/C=C/c3ccc(F)cc3)c12.COc1c(C(=O)NCCC(C)(C)O)ccc2n[nH]c(/C=C/c3ccc(F)cc3)c12.COc1c(C(=O)NCCO)ccc2n[nH]c(/C=C/c3ccc(F)cc3)c12. The van der Waals surface area contributed by atoms with Crippen LogP contribution in [-0.4, -0.2) is 162 Å². The van der Waals surface area contributed by atoms with Crippen molar-refractivity contribution in [1.82, 2.24) is 67.0 Å². The molecule has 0 aliphatic carbocycles. The summed E-state index contributed by atoms with van der Waals surface area (Å²) in [4.78, 5) is 54.6. The molecule has 12 N–H and O–H groups in total. The Kier molecular flexibility index (Phi) is 28.5. The molecule has 0 saturated heterocycles. The molecule has 0 aliphatic rings. The fraction of sp³-hybridized carbons (Fsp3) is 0.198. The van der Waals surface area contributed by atoms with Crippen LogP contribution in [0.4, 0.5) is 17.6 Å². The Balaban J connectivity index is 0.000000163. The van der Waals surface area contributed by atoms with Crippen molar-refractivity contribution in [2.75, 3.05) is 61.3 Å². The number of amides is 4. The highest BCUT2D eigenvalue weighted by Crippen LogP contribution is 2.37. The van der Waals surface area contributed by atoms with Gasteiger partial charge in [0.2, 0.25) is 0 Å². The minimum Gasteiger partial charge on any atom is -0.495 e. The summed E-state index contributed by atoms with van der Waals surface area (Å²) in [6.07, 6.45) is 18.1. The third kappa shape index (κ3) is 22.2. The molecule has 13 rings (SSSR count). The lowest BCUT2D eigenvalue weighted by Gasteiger charge is -2.18. The zero-order chi connectivity index (χ0) is 82.3. The summed E-state index contributed by atoms with van der Waals surface area (Å²) >= 11 is 0. The number of aromatic amines is 4. The van der Waals surface area contributed by atoms with Crippen LogP contribution < -0.4 is 40.2 Å². The monoisotopic (exact) mass is 1570 g/mol. The molecule has 0 bridgehead atoms. The molecule has 0 fully saturated rings. The second-order valence-corrected chi connectivity index (χ2v) is 27.0. The minimum absolute atomic E-state index is 0.107. The molecule has 115 heavy (non-hydrogen) atoms. The molecule has 13 aromatic rings. The number of nitrogens with zero attached hydrogens (tertiary/aromatic N) is 5. The normalized spacial score (nSPS) is 11.8. The van der Waals surface area contributed by atoms with E-state index in [4.69, 9.17) is 24.1 Å². The average molecular weight is 1570 g/mol. The summed E-state index contributed by atoms with van der Waals surface area (Å²) in [6, 6.07) is 40.8. The van der Waals surface area contributed by atoms with Gasteiger partial charge in [0.25, 0.3) is 23.6 Å². The Morgan fingerprint density at radius 1 is 0.417 bits per heavy atom. The van der Waals surface area contributed by atoms with Gasteiger partial charge >= 0.3 is 0 Å². The zero-order valence-corrected chi connectivity index (χ0v) is 63.9. The molecule has 0 spiro atoms. The number of carbonyl (C=O) groups excluding carboxylic acids is 4. The zero-order valence-electron chi connectivity index (χ0n) is 63.9. The summed E-state index contributed by atoms with van der Waals surface area (Å²) in [5.74, 6) is -1.03. The van der Waals surface area contributed by atoms with Crippen molar-refractivity contribution in [3.63, 3.8) is 0 Å². The van der Waals surface area contributed by atoms with Gasteiger partial charge in [-0.15, -0.1) is 0 Å². The largest absolute Gasteiger partial charge is 0.495 e. The Labute approximate surface area is 657 Å². The van der Waals surface area contributed by atoms with Crippen molar-refractivity contribution in [2.24, 2.45) is 0 Å². The van der Waals surface area contributed by atoms with Crippen molar-refractivity contribution in [3.8, 4) is 23.0 Å². The second-order valence-electron chi connectivity index (χ2n) is 27.0. The maximum Gasteiger partial charge on any atom is 0.255 e. The number of aromatic nitrogens is 9. The highest BCUT2D eigenvalue weighted by molar-refractivity contribution is 6.09. The number of benzene rings is 8. The highest BCUT2D eigenvalue weighted by Gasteiger charge is 2.26. The number of fused-ring (bicyclic) bond motifs is 4. The molecular formula is C86H85F4N13O12. The Morgan fingerprint density at radius 2 is 0.730 bits per heavy atom. The second kappa shape index (κ2) is 39.0. The van der Waals surface area contributed by atoms with Crippen molar-refractivity contribution in [2.45, 2.75) is 51.4 Å². The molecule has 5 aromatic heterocycles. The van der Waals surface area contributed by atoms with E-state index >= 15 is 0 Å². The van der Waals surface area contributed by atoms with Gasteiger partial charge in [0, 0.05) is 32.0 Å². The van der Waals surface area contributed by atoms with Gasteiger partial charge < -0.3 is 60.6 Å². The number of hydrogen-bond donors (Lipinski definition) is 12. The van der Waals surface area contributed by atoms with Gasteiger partial charge in [-0.3, -0.25) is 44.6 Å². The summed E-state index contributed by atoms with van der Waals surface area (Å²) in [6.45, 7) is 6.79. The Morgan fingerprint density at radius 3 is 1.01 bits per heavy atom. The molecule has 594 valence electrons. The minimum atomic E-state index is -1.02. The maximum absolute atomic E-state index is 13.1. The third-order valence-corrected chi connectivity index (χ3v) is 17.5. The third-order valence-electron chi connectivity index (χ3n) is 17.5. The molecule has 0 saturated carbocycles. The van der Waals surface area contributed by atoms with E-state index in [9.17, 15) is 52.1 Å². The van der Waals surface area contributed by atoms with Gasteiger partial charge in [-0.05, 0) is 189 Å². The standard InChI is InChI=1S/C24H21FN4O3.C22H24FN3O3.C21H22FN3O3.C19H18FN3O3/c1-32-23-18(24(31)27-21(14-30)16-3-2-12-26-13-16)9-11-20-22(23)19(28-29-20)10-6-15-4-7-17(25)8-5-15;1-22(2,28)12-13-24-21(27)16-9-11-18-19(20(16)29-3)17(25-26-18)10-6-14-4-7-15(23)8-5-14;1-21(2,27)12-23-20(26)15-9-11-17-18(19(15)28-3)16(24-25-17)10-6-13-4-7-14(22)8-5-13;1-26-18-14(19(25)21-10-11-24)7-9-16-17(18)15(22-23-16)8-4-12-2-5-13(20)6-3-12/h2-13,21,30H,14H2,1H3,(H,27,31)(H,28,29);4-11,28H,12-13H2,1-3H3,(H,24,27)(H,25,26);4-11,27H,12H2,1-3H3,(H,23,26)(H,24,25);2-9,24H,10-11H2,1H3,(H,21,25)(H,22,23)/b3*10-6+;8-4+. The van der Waals surface area contributed by atoms with Gasteiger partial charge in [-0.25, -0.2) is 17.6 Å².